The monoisotopic (exact) mass is 436 g/mol. The van der Waals surface area contributed by atoms with Gasteiger partial charge in [-0.25, -0.2) is 12.8 Å². The van der Waals surface area contributed by atoms with E-state index in [4.69, 9.17) is 4.74 Å². The Labute approximate surface area is 177 Å². The Bertz CT molecular complexity index is 907. The molecule has 8 heteroatoms. The minimum atomic E-state index is -4.00. The Balaban J connectivity index is 1.31. The van der Waals surface area contributed by atoms with Crippen LogP contribution in [0.3, 0.4) is 0 Å². The van der Waals surface area contributed by atoms with E-state index in [-0.39, 0.29) is 43.2 Å². The van der Waals surface area contributed by atoms with Crippen LogP contribution < -0.4 is 5.32 Å². The number of rotatable bonds is 5. The molecule has 4 aliphatic carbocycles. The first-order valence-corrected chi connectivity index (χ1v) is 12.4. The zero-order chi connectivity index (χ0) is 20.9. The van der Waals surface area contributed by atoms with Crippen molar-refractivity contribution in [3.63, 3.8) is 0 Å². The Morgan fingerprint density at radius 3 is 2.30 bits per heavy atom. The van der Waals surface area contributed by atoms with E-state index in [1.807, 2.05) is 0 Å². The standard InChI is InChI=1S/C22H29FN2O4S/c23-19-2-1-18(10-20(19)30(27,28)25-3-5-29-6-4-25)21(26)24-14-22-11-15-7-16(12-22)9-17(8-15)13-22/h1-2,10,15-17H,3-9,11-14H2,(H,24,26). The van der Waals surface area contributed by atoms with E-state index in [9.17, 15) is 17.6 Å². The van der Waals surface area contributed by atoms with Gasteiger partial charge in [-0.15, -0.1) is 0 Å². The van der Waals surface area contributed by atoms with Crippen molar-refractivity contribution >= 4 is 15.9 Å². The molecule has 6 nitrogen and oxygen atoms in total. The normalized spacial score (nSPS) is 33.6. The van der Waals surface area contributed by atoms with Crippen LogP contribution in [0.1, 0.15) is 48.9 Å². The number of sulfonamides is 1. The van der Waals surface area contributed by atoms with E-state index < -0.39 is 20.7 Å². The van der Waals surface area contributed by atoms with Crippen LogP contribution >= 0.6 is 0 Å². The van der Waals surface area contributed by atoms with Crippen molar-refractivity contribution < 1.29 is 22.3 Å². The lowest BCUT2D eigenvalue weighted by molar-refractivity contribution is -0.0503. The molecule has 6 rings (SSSR count). The largest absolute Gasteiger partial charge is 0.379 e. The lowest BCUT2D eigenvalue weighted by Crippen LogP contribution is -2.51. The SMILES string of the molecule is O=C(NCC12CC3CC(CC(C3)C1)C2)c1ccc(F)c(S(=O)(=O)N2CCOCC2)c1. The van der Waals surface area contributed by atoms with Crippen LogP contribution in [0.2, 0.25) is 0 Å². The quantitative estimate of drug-likeness (QED) is 0.770. The summed E-state index contributed by atoms with van der Waals surface area (Å²) in [7, 11) is -4.00. The molecule has 1 saturated heterocycles. The molecule has 1 N–H and O–H groups in total. The van der Waals surface area contributed by atoms with Crippen molar-refractivity contribution in [3.05, 3.63) is 29.6 Å². The van der Waals surface area contributed by atoms with Crippen molar-refractivity contribution in [1.29, 1.82) is 0 Å². The van der Waals surface area contributed by atoms with E-state index in [0.29, 0.717) is 6.54 Å². The van der Waals surface area contributed by atoms with Crippen molar-refractivity contribution in [1.82, 2.24) is 9.62 Å². The average Bonchev–Trinajstić information content (AvgIpc) is 2.72. The van der Waals surface area contributed by atoms with Gasteiger partial charge in [0, 0.05) is 25.2 Å². The molecule has 1 heterocycles. The summed E-state index contributed by atoms with van der Waals surface area (Å²) in [5, 5.41) is 3.04. The molecular weight excluding hydrogens is 407 g/mol. The van der Waals surface area contributed by atoms with Gasteiger partial charge in [0.15, 0.2) is 0 Å². The topological polar surface area (TPSA) is 75.7 Å². The summed E-state index contributed by atoms with van der Waals surface area (Å²) in [5.74, 6) is 1.22. The molecule has 0 radical (unpaired) electrons. The molecule has 4 saturated carbocycles. The van der Waals surface area contributed by atoms with Gasteiger partial charge in [0.1, 0.15) is 10.7 Å². The van der Waals surface area contributed by atoms with Gasteiger partial charge in [-0.3, -0.25) is 4.79 Å². The maximum absolute atomic E-state index is 14.4. The zero-order valence-electron chi connectivity index (χ0n) is 17.1. The molecule has 0 aromatic heterocycles. The van der Waals surface area contributed by atoms with Crippen molar-refractivity contribution in [3.8, 4) is 0 Å². The number of benzene rings is 1. The highest BCUT2D eigenvalue weighted by molar-refractivity contribution is 7.89. The van der Waals surface area contributed by atoms with Gasteiger partial charge in [0.25, 0.3) is 5.91 Å². The number of morpholine rings is 1. The number of amides is 1. The molecular formula is C22H29FN2O4S. The second-order valence-electron chi connectivity index (χ2n) is 9.76. The van der Waals surface area contributed by atoms with Crippen molar-refractivity contribution in [2.75, 3.05) is 32.8 Å². The second-order valence-corrected chi connectivity index (χ2v) is 11.7. The van der Waals surface area contributed by atoms with E-state index >= 15 is 0 Å². The molecule has 1 aromatic carbocycles. The lowest BCUT2D eigenvalue weighted by atomic mass is 9.49. The molecule has 0 spiro atoms. The maximum Gasteiger partial charge on any atom is 0.251 e. The Morgan fingerprint density at radius 1 is 1.10 bits per heavy atom. The first kappa shape index (κ1) is 20.4. The molecule has 4 bridgehead atoms. The Kier molecular flexibility index (Phi) is 5.14. The van der Waals surface area contributed by atoms with Crippen LogP contribution in [0, 0.1) is 29.0 Å². The van der Waals surface area contributed by atoms with Gasteiger partial charge in [0.2, 0.25) is 10.0 Å². The Hall–Kier alpha value is -1.51. The van der Waals surface area contributed by atoms with E-state index in [1.165, 1.54) is 55.0 Å². The van der Waals surface area contributed by atoms with Crippen LogP contribution in [0.5, 0.6) is 0 Å². The predicted molar refractivity (Wildman–Crippen MR) is 109 cm³/mol. The number of ether oxygens (including phenoxy) is 1. The molecule has 0 atom stereocenters. The molecule has 1 aromatic rings. The predicted octanol–water partition coefficient (Wildman–Crippen LogP) is 2.79. The van der Waals surface area contributed by atoms with Crippen LogP contribution in [0.15, 0.2) is 23.1 Å². The fraction of sp³-hybridized carbons (Fsp3) is 0.682. The highest BCUT2D eigenvalue weighted by atomic mass is 32.2. The minimum Gasteiger partial charge on any atom is -0.379 e. The molecule has 30 heavy (non-hydrogen) atoms. The molecule has 5 fully saturated rings. The smallest absolute Gasteiger partial charge is 0.251 e. The third kappa shape index (κ3) is 3.67. The highest BCUT2D eigenvalue weighted by Crippen LogP contribution is 2.59. The van der Waals surface area contributed by atoms with Gasteiger partial charge >= 0.3 is 0 Å². The van der Waals surface area contributed by atoms with Crippen LogP contribution in [0.4, 0.5) is 4.39 Å². The zero-order valence-corrected chi connectivity index (χ0v) is 17.9. The summed E-state index contributed by atoms with van der Waals surface area (Å²) in [6, 6.07) is 3.62. The lowest BCUT2D eigenvalue weighted by Gasteiger charge is -2.56. The fourth-order valence-corrected chi connectivity index (χ4v) is 8.14. The van der Waals surface area contributed by atoms with Gasteiger partial charge in [-0.2, -0.15) is 4.31 Å². The van der Waals surface area contributed by atoms with Gasteiger partial charge in [0.05, 0.1) is 13.2 Å². The van der Waals surface area contributed by atoms with Crippen molar-refractivity contribution in [2.45, 2.75) is 43.4 Å². The average molecular weight is 437 g/mol. The highest BCUT2D eigenvalue weighted by Gasteiger charge is 2.50. The summed E-state index contributed by atoms with van der Waals surface area (Å²) in [6.07, 6.45) is 7.56. The van der Waals surface area contributed by atoms with E-state index in [1.54, 1.807) is 0 Å². The molecule has 1 aliphatic heterocycles. The van der Waals surface area contributed by atoms with E-state index in [0.717, 1.165) is 23.8 Å². The van der Waals surface area contributed by atoms with Gasteiger partial charge in [-0.05, 0) is 79.9 Å². The van der Waals surface area contributed by atoms with Gasteiger partial charge < -0.3 is 10.1 Å². The summed E-state index contributed by atoms with van der Waals surface area (Å²) >= 11 is 0. The number of hydrogen-bond acceptors (Lipinski definition) is 4. The number of hydrogen-bond donors (Lipinski definition) is 1. The number of nitrogens with zero attached hydrogens (tertiary/aromatic N) is 1. The molecule has 5 aliphatic rings. The number of halogens is 1. The maximum atomic E-state index is 14.4. The van der Waals surface area contributed by atoms with E-state index in [2.05, 4.69) is 5.32 Å². The van der Waals surface area contributed by atoms with Crippen LogP contribution in [0.25, 0.3) is 0 Å². The van der Waals surface area contributed by atoms with Gasteiger partial charge in [-0.1, -0.05) is 0 Å². The molecule has 0 unspecified atom stereocenters. The summed E-state index contributed by atoms with van der Waals surface area (Å²) in [5.41, 5.74) is 0.376. The number of carbonyl (C=O) groups is 1. The molecule has 1 amide bonds. The third-order valence-electron chi connectivity index (χ3n) is 7.57. The van der Waals surface area contributed by atoms with Crippen LogP contribution in [-0.2, 0) is 14.8 Å². The summed E-state index contributed by atoms with van der Waals surface area (Å²) in [4.78, 5) is 12.4. The fourth-order valence-electron chi connectivity index (χ4n) is 6.64. The second kappa shape index (κ2) is 7.57. The van der Waals surface area contributed by atoms with Crippen molar-refractivity contribution in [2.24, 2.45) is 23.2 Å². The number of nitrogens with one attached hydrogen (secondary N) is 1. The molecule has 164 valence electrons. The van der Waals surface area contributed by atoms with Crippen LogP contribution in [-0.4, -0.2) is 51.5 Å². The third-order valence-corrected chi connectivity index (χ3v) is 9.48. The summed E-state index contributed by atoms with van der Waals surface area (Å²) in [6.45, 7) is 1.56. The Morgan fingerprint density at radius 2 is 1.70 bits per heavy atom. The summed E-state index contributed by atoms with van der Waals surface area (Å²) < 4.78 is 46.5. The number of carbonyl (C=O) groups excluding carboxylic acids is 1. The minimum absolute atomic E-state index is 0.185. The first-order chi connectivity index (χ1) is 14.3. The first-order valence-electron chi connectivity index (χ1n) is 11.0.